The van der Waals surface area contributed by atoms with Crippen molar-refractivity contribution in [3.63, 3.8) is 0 Å². The van der Waals surface area contributed by atoms with Crippen molar-refractivity contribution in [1.82, 2.24) is 9.88 Å². The number of hydrogen-bond acceptors (Lipinski definition) is 3. The van der Waals surface area contributed by atoms with E-state index in [0.717, 1.165) is 29.8 Å². The highest BCUT2D eigenvalue weighted by molar-refractivity contribution is 5.93. The zero-order valence-corrected chi connectivity index (χ0v) is 15.9. The first-order valence-electron chi connectivity index (χ1n) is 9.28. The lowest BCUT2D eigenvalue weighted by Gasteiger charge is -2.14. The molecule has 144 valence electrons. The number of carbonyl (C=O) groups is 2. The van der Waals surface area contributed by atoms with Crippen LogP contribution in [0.5, 0.6) is 0 Å². The number of nitrogens with one attached hydrogen (secondary N) is 1. The van der Waals surface area contributed by atoms with Gasteiger partial charge < -0.3 is 14.6 Å². The van der Waals surface area contributed by atoms with E-state index >= 15 is 0 Å². The van der Waals surface area contributed by atoms with E-state index in [4.69, 9.17) is 4.74 Å². The van der Waals surface area contributed by atoms with Gasteiger partial charge in [0.2, 0.25) is 0 Å². The summed E-state index contributed by atoms with van der Waals surface area (Å²) >= 11 is 0. The third-order valence-electron chi connectivity index (χ3n) is 4.90. The maximum atomic E-state index is 12.9. The van der Waals surface area contributed by atoms with Crippen LogP contribution in [0.25, 0.3) is 0 Å². The molecular formula is C21H25FN2O3. The largest absolute Gasteiger partial charge is 0.449 e. The third-order valence-corrected chi connectivity index (χ3v) is 4.90. The second-order valence-corrected chi connectivity index (χ2v) is 7.10. The molecule has 1 aliphatic carbocycles. The van der Waals surface area contributed by atoms with Crippen LogP contribution in [0, 0.1) is 19.7 Å². The Kier molecular flexibility index (Phi) is 5.63. The van der Waals surface area contributed by atoms with Gasteiger partial charge in [-0.3, -0.25) is 4.79 Å². The van der Waals surface area contributed by atoms with Crippen LogP contribution in [-0.2, 0) is 16.0 Å². The number of nitrogens with zero attached hydrogens (tertiary/aromatic N) is 1. The van der Waals surface area contributed by atoms with Crippen molar-refractivity contribution in [1.29, 1.82) is 0 Å². The summed E-state index contributed by atoms with van der Waals surface area (Å²) in [6, 6.07) is 8.45. The fourth-order valence-electron chi connectivity index (χ4n) is 3.28. The van der Waals surface area contributed by atoms with Crippen LogP contribution in [0.4, 0.5) is 4.39 Å². The predicted molar refractivity (Wildman–Crippen MR) is 100 cm³/mol. The third kappa shape index (κ3) is 4.56. The van der Waals surface area contributed by atoms with E-state index in [1.807, 2.05) is 19.9 Å². The van der Waals surface area contributed by atoms with Crippen LogP contribution in [-0.4, -0.2) is 29.1 Å². The average Bonchev–Trinajstić information content (AvgIpc) is 3.41. The normalized spacial score (nSPS) is 14.7. The van der Waals surface area contributed by atoms with Crippen LogP contribution < -0.4 is 5.32 Å². The molecule has 0 saturated heterocycles. The predicted octanol–water partition coefficient (Wildman–Crippen LogP) is 3.48. The first-order chi connectivity index (χ1) is 12.9. The Morgan fingerprint density at radius 2 is 1.93 bits per heavy atom. The first kappa shape index (κ1) is 19.1. The van der Waals surface area contributed by atoms with Gasteiger partial charge in [0.05, 0.1) is 5.56 Å². The molecule has 1 saturated carbocycles. The van der Waals surface area contributed by atoms with Gasteiger partial charge >= 0.3 is 5.97 Å². The molecule has 3 rings (SSSR count). The number of hydrogen-bond donors (Lipinski definition) is 1. The SMILES string of the molecule is Cc1cc(C(=O)O[C@H](C)C(=O)NCCc2ccc(F)cc2)c(C)n1C1CC1. The Balaban J connectivity index is 1.51. The summed E-state index contributed by atoms with van der Waals surface area (Å²) in [7, 11) is 0. The minimum absolute atomic E-state index is 0.288. The highest BCUT2D eigenvalue weighted by atomic mass is 19.1. The van der Waals surface area contributed by atoms with E-state index < -0.39 is 12.1 Å². The lowest BCUT2D eigenvalue weighted by molar-refractivity contribution is -0.129. The van der Waals surface area contributed by atoms with E-state index in [1.54, 1.807) is 19.1 Å². The van der Waals surface area contributed by atoms with Crippen molar-refractivity contribution in [2.75, 3.05) is 6.54 Å². The van der Waals surface area contributed by atoms with Crippen LogP contribution >= 0.6 is 0 Å². The summed E-state index contributed by atoms with van der Waals surface area (Å²) in [6.45, 7) is 5.84. The molecule has 5 nitrogen and oxygen atoms in total. The highest BCUT2D eigenvalue weighted by Crippen LogP contribution is 2.38. The number of aromatic nitrogens is 1. The number of carbonyl (C=O) groups excluding carboxylic acids is 2. The summed E-state index contributed by atoms with van der Waals surface area (Å²) in [4.78, 5) is 24.6. The number of rotatable bonds is 7. The molecule has 1 aromatic carbocycles. The van der Waals surface area contributed by atoms with Gasteiger partial charge in [-0.05, 0) is 63.8 Å². The standard InChI is InChI=1S/C21H25FN2O3/c1-13-12-19(14(2)24(13)18-8-9-18)21(26)27-15(3)20(25)23-11-10-16-4-6-17(22)7-5-16/h4-7,12,15,18H,8-11H2,1-3H3,(H,23,25)/t15-/m1/s1. The van der Waals surface area contributed by atoms with Gasteiger partial charge in [-0.15, -0.1) is 0 Å². The van der Waals surface area contributed by atoms with Crippen molar-refractivity contribution < 1.29 is 18.7 Å². The molecule has 0 aliphatic heterocycles. The number of benzene rings is 1. The summed E-state index contributed by atoms with van der Waals surface area (Å²) in [6.07, 6.45) is 1.97. The summed E-state index contributed by atoms with van der Waals surface area (Å²) < 4.78 is 20.4. The average molecular weight is 372 g/mol. The number of esters is 1. The molecule has 1 fully saturated rings. The molecule has 0 spiro atoms. The van der Waals surface area contributed by atoms with E-state index in [2.05, 4.69) is 9.88 Å². The Morgan fingerprint density at radius 3 is 2.56 bits per heavy atom. The van der Waals surface area contributed by atoms with Gasteiger partial charge in [0.25, 0.3) is 5.91 Å². The van der Waals surface area contributed by atoms with Crippen molar-refractivity contribution in [3.8, 4) is 0 Å². The molecule has 1 N–H and O–H groups in total. The van der Waals surface area contributed by atoms with Crippen LogP contribution in [0.1, 0.15) is 53.1 Å². The second kappa shape index (κ2) is 7.94. The zero-order chi connectivity index (χ0) is 19.6. The van der Waals surface area contributed by atoms with Gasteiger partial charge in [0.15, 0.2) is 6.10 Å². The molecular weight excluding hydrogens is 347 g/mol. The van der Waals surface area contributed by atoms with Gasteiger partial charge in [-0.2, -0.15) is 0 Å². The van der Waals surface area contributed by atoms with E-state index in [0.29, 0.717) is 24.6 Å². The molecule has 1 amide bonds. The Bertz CT molecular complexity index is 838. The molecule has 0 bridgehead atoms. The lowest BCUT2D eigenvalue weighted by Crippen LogP contribution is -2.37. The molecule has 2 aromatic rings. The van der Waals surface area contributed by atoms with Gasteiger partial charge in [0, 0.05) is 24.0 Å². The summed E-state index contributed by atoms with van der Waals surface area (Å²) in [5, 5.41) is 2.75. The fraction of sp³-hybridized carbons (Fsp3) is 0.429. The van der Waals surface area contributed by atoms with Crippen molar-refractivity contribution in [2.45, 2.75) is 52.2 Å². The van der Waals surface area contributed by atoms with E-state index in [-0.39, 0.29) is 11.7 Å². The van der Waals surface area contributed by atoms with E-state index in [9.17, 15) is 14.0 Å². The first-order valence-corrected chi connectivity index (χ1v) is 9.28. The van der Waals surface area contributed by atoms with Gasteiger partial charge in [-0.1, -0.05) is 12.1 Å². The number of amides is 1. The van der Waals surface area contributed by atoms with Gasteiger partial charge in [0.1, 0.15) is 5.82 Å². The van der Waals surface area contributed by atoms with Crippen molar-refractivity contribution in [2.24, 2.45) is 0 Å². The zero-order valence-electron chi connectivity index (χ0n) is 15.9. The molecule has 6 heteroatoms. The summed E-state index contributed by atoms with van der Waals surface area (Å²) in [5.74, 6) is -1.11. The van der Waals surface area contributed by atoms with Crippen molar-refractivity contribution >= 4 is 11.9 Å². The monoisotopic (exact) mass is 372 g/mol. The lowest BCUT2D eigenvalue weighted by atomic mass is 10.1. The Labute approximate surface area is 158 Å². The summed E-state index contributed by atoms with van der Waals surface area (Å²) in [5.41, 5.74) is 3.38. The molecule has 0 radical (unpaired) electrons. The Morgan fingerprint density at radius 1 is 1.26 bits per heavy atom. The highest BCUT2D eigenvalue weighted by Gasteiger charge is 2.29. The van der Waals surface area contributed by atoms with Crippen LogP contribution in [0.3, 0.4) is 0 Å². The molecule has 1 heterocycles. The molecule has 0 unspecified atom stereocenters. The van der Waals surface area contributed by atoms with E-state index in [1.165, 1.54) is 12.1 Å². The quantitative estimate of drug-likeness (QED) is 0.757. The minimum atomic E-state index is -0.880. The molecule has 1 atom stereocenters. The fourth-order valence-corrected chi connectivity index (χ4v) is 3.28. The maximum Gasteiger partial charge on any atom is 0.340 e. The topological polar surface area (TPSA) is 60.3 Å². The maximum absolute atomic E-state index is 12.9. The Hall–Kier alpha value is -2.63. The smallest absolute Gasteiger partial charge is 0.340 e. The van der Waals surface area contributed by atoms with Crippen molar-refractivity contribution in [3.05, 3.63) is 58.7 Å². The molecule has 1 aliphatic rings. The number of halogens is 1. The minimum Gasteiger partial charge on any atom is -0.449 e. The second-order valence-electron chi connectivity index (χ2n) is 7.10. The molecule has 1 aromatic heterocycles. The van der Waals surface area contributed by atoms with Gasteiger partial charge in [-0.25, -0.2) is 9.18 Å². The number of ether oxygens (including phenoxy) is 1. The number of aryl methyl sites for hydroxylation is 1. The van der Waals surface area contributed by atoms with Crippen LogP contribution in [0.2, 0.25) is 0 Å². The molecule has 27 heavy (non-hydrogen) atoms. The van der Waals surface area contributed by atoms with Crippen LogP contribution in [0.15, 0.2) is 30.3 Å².